The average Bonchev–Trinajstić information content (AvgIpc) is 2.99. The van der Waals surface area contributed by atoms with Gasteiger partial charge in [-0.25, -0.2) is 4.98 Å². The van der Waals surface area contributed by atoms with Crippen LogP contribution in [0.4, 0.5) is 0 Å². The number of hydrogen-bond acceptors (Lipinski definition) is 5. The summed E-state index contributed by atoms with van der Waals surface area (Å²) in [6, 6.07) is -0.950. The molecule has 19 heavy (non-hydrogen) atoms. The van der Waals surface area contributed by atoms with E-state index in [9.17, 15) is 14.7 Å². The van der Waals surface area contributed by atoms with Crippen LogP contribution in [0.5, 0.6) is 0 Å². The van der Waals surface area contributed by atoms with Crippen molar-refractivity contribution in [2.24, 2.45) is 0 Å². The van der Waals surface area contributed by atoms with E-state index in [4.69, 9.17) is 4.74 Å². The largest absolute Gasteiger partial charge is 0.394 e. The van der Waals surface area contributed by atoms with Gasteiger partial charge in [0.25, 0.3) is 5.91 Å². The number of aromatic amines is 1. The van der Waals surface area contributed by atoms with Crippen molar-refractivity contribution >= 4 is 11.8 Å². The van der Waals surface area contributed by atoms with E-state index in [0.717, 1.165) is 0 Å². The van der Waals surface area contributed by atoms with Gasteiger partial charge in [-0.2, -0.15) is 0 Å². The SMILES string of the molecule is O=C(NC(CO)C(=O)N1CCOCC1)c1cnc[nH]1. The third-order valence-corrected chi connectivity index (χ3v) is 2.85. The zero-order valence-corrected chi connectivity index (χ0v) is 10.3. The predicted octanol–water partition coefficient (Wildman–Crippen LogP) is -1.64. The summed E-state index contributed by atoms with van der Waals surface area (Å²) < 4.78 is 5.15. The van der Waals surface area contributed by atoms with Gasteiger partial charge in [0, 0.05) is 13.1 Å². The maximum atomic E-state index is 12.1. The van der Waals surface area contributed by atoms with Gasteiger partial charge in [-0.05, 0) is 0 Å². The number of hydrogen-bond donors (Lipinski definition) is 3. The summed E-state index contributed by atoms with van der Waals surface area (Å²) in [7, 11) is 0. The van der Waals surface area contributed by atoms with Crippen molar-refractivity contribution in [3.63, 3.8) is 0 Å². The van der Waals surface area contributed by atoms with Gasteiger partial charge in [0.1, 0.15) is 11.7 Å². The molecule has 104 valence electrons. The summed E-state index contributed by atoms with van der Waals surface area (Å²) in [5.41, 5.74) is 0.244. The molecule has 1 atom stereocenters. The van der Waals surface area contributed by atoms with Crippen LogP contribution in [0, 0.1) is 0 Å². The quantitative estimate of drug-likeness (QED) is 0.607. The second-order valence-electron chi connectivity index (χ2n) is 4.11. The Hall–Kier alpha value is -1.93. The lowest BCUT2D eigenvalue weighted by Crippen LogP contribution is -2.53. The van der Waals surface area contributed by atoms with Crippen LogP contribution in [0.2, 0.25) is 0 Å². The van der Waals surface area contributed by atoms with Crippen molar-refractivity contribution in [3.05, 3.63) is 18.2 Å². The lowest BCUT2D eigenvalue weighted by molar-refractivity contribution is -0.138. The highest BCUT2D eigenvalue weighted by molar-refractivity contribution is 5.96. The zero-order valence-electron chi connectivity index (χ0n) is 10.3. The van der Waals surface area contributed by atoms with Gasteiger partial charge in [0.05, 0.1) is 32.3 Å². The van der Waals surface area contributed by atoms with Gasteiger partial charge in [-0.3, -0.25) is 9.59 Å². The molecule has 1 fully saturated rings. The fourth-order valence-electron chi connectivity index (χ4n) is 1.81. The number of amides is 2. The number of imidazole rings is 1. The summed E-state index contributed by atoms with van der Waals surface area (Å²) in [6.45, 7) is 1.43. The number of nitrogens with one attached hydrogen (secondary N) is 2. The average molecular weight is 268 g/mol. The van der Waals surface area contributed by atoms with Crippen molar-refractivity contribution in [2.75, 3.05) is 32.9 Å². The summed E-state index contributed by atoms with van der Waals surface area (Å²) in [5.74, 6) is -0.781. The van der Waals surface area contributed by atoms with Crippen LogP contribution >= 0.6 is 0 Å². The number of ether oxygens (including phenoxy) is 1. The summed E-state index contributed by atoms with van der Waals surface area (Å²) in [4.78, 5) is 31.8. The van der Waals surface area contributed by atoms with Crippen molar-refractivity contribution in [2.45, 2.75) is 6.04 Å². The van der Waals surface area contributed by atoms with E-state index in [1.807, 2.05) is 0 Å². The van der Waals surface area contributed by atoms with Gasteiger partial charge in [-0.1, -0.05) is 0 Å². The Labute approximate surface area is 109 Å². The zero-order chi connectivity index (χ0) is 13.7. The molecule has 3 N–H and O–H groups in total. The normalized spacial score (nSPS) is 17.0. The Morgan fingerprint density at radius 3 is 2.84 bits per heavy atom. The standard InChI is InChI=1S/C11H16N4O4/c16-6-9(11(18)15-1-3-19-4-2-15)14-10(17)8-5-12-7-13-8/h5,7,9,16H,1-4,6H2,(H,12,13)(H,14,17). The molecule has 2 amide bonds. The molecule has 0 radical (unpaired) electrons. The Bertz CT molecular complexity index is 428. The molecule has 0 aromatic carbocycles. The van der Waals surface area contributed by atoms with Crippen LogP contribution in [0.3, 0.4) is 0 Å². The second kappa shape index (κ2) is 6.30. The molecule has 1 saturated heterocycles. The van der Waals surface area contributed by atoms with Crippen molar-refractivity contribution in [1.29, 1.82) is 0 Å². The molecule has 2 rings (SSSR count). The van der Waals surface area contributed by atoms with Gasteiger partial charge >= 0.3 is 0 Å². The monoisotopic (exact) mass is 268 g/mol. The second-order valence-corrected chi connectivity index (χ2v) is 4.11. The van der Waals surface area contributed by atoms with Crippen LogP contribution in [0.25, 0.3) is 0 Å². The number of aromatic nitrogens is 2. The molecule has 8 heteroatoms. The highest BCUT2D eigenvalue weighted by Crippen LogP contribution is 2.02. The minimum absolute atomic E-state index is 0.244. The number of aliphatic hydroxyl groups excluding tert-OH is 1. The third kappa shape index (κ3) is 3.30. The maximum Gasteiger partial charge on any atom is 0.270 e. The molecule has 1 aliphatic rings. The molecule has 0 aliphatic carbocycles. The van der Waals surface area contributed by atoms with Crippen LogP contribution in [0.15, 0.2) is 12.5 Å². The van der Waals surface area contributed by atoms with Gasteiger partial charge in [0.2, 0.25) is 5.91 Å². The lowest BCUT2D eigenvalue weighted by atomic mass is 10.2. The Morgan fingerprint density at radius 1 is 1.53 bits per heavy atom. The van der Waals surface area contributed by atoms with Crippen molar-refractivity contribution in [1.82, 2.24) is 20.2 Å². The van der Waals surface area contributed by atoms with E-state index in [0.29, 0.717) is 26.3 Å². The topological polar surface area (TPSA) is 108 Å². The fraction of sp³-hybridized carbons (Fsp3) is 0.545. The fourth-order valence-corrected chi connectivity index (χ4v) is 1.81. The third-order valence-electron chi connectivity index (χ3n) is 2.85. The first-order chi connectivity index (χ1) is 9.22. The summed E-state index contributed by atoms with van der Waals surface area (Å²) >= 11 is 0. The number of carbonyl (C=O) groups excluding carboxylic acids is 2. The number of morpholine rings is 1. The van der Waals surface area contributed by atoms with Crippen LogP contribution in [0.1, 0.15) is 10.5 Å². The van der Waals surface area contributed by atoms with E-state index in [2.05, 4.69) is 15.3 Å². The number of aliphatic hydroxyl groups is 1. The van der Waals surface area contributed by atoms with E-state index >= 15 is 0 Å². The minimum atomic E-state index is -0.950. The molecule has 0 bridgehead atoms. The molecular weight excluding hydrogens is 252 g/mol. The molecule has 1 aromatic rings. The van der Waals surface area contributed by atoms with E-state index in [1.165, 1.54) is 12.5 Å². The molecule has 0 saturated carbocycles. The molecule has 1 aliphatic heterocycles. The number of carbonyl (C=O) groups is 2. The van der Waals surface area contributed by atoms with E-state index in [1.54, 1.807) is 4.90 Å². The lowest BCUT2D eigenvalue weighted by Gasteiger charge is -2.30. The van der Waals surface area contributed by atoms with Crippen LogP contribution in [-0.2, 0) is 9.53 Å². The molecule has 1 unspecified atom stereocenters. The van der Waals surface area contributed by atoms with Crippen molar-refractivity contribution < 1.29 is 19.4 Å². The molecular formula is C11H16N4O4. The first kappa shape index (κ1) is 13.5. The Balaban J connectivity index is 1.95. The smallest absolute Gasteiger partial charge is 0.270 e. The molecule has 1 aromatic heterocycles. The van der Waals surface area contributed by atoms with Gasteiger partial charge in [0.15, 0.2) is 0 Å². The minimum Gasteiger partial charge on any atom is -0.394 e. The molecule has 8 nitrogen and oxygen atoms in total. The molecule has 2 heterocycles. The van der Waals surface area contributed by atoms with Crippen molar-refractivity contribution in [3.8, 4) is 0 Å². The number of rotatable bonds is 4. The first-order valence-electron chi connectivity index (χ1n) is 5.99. The maximum absolute atomic E-state index is 12.1. The Kier molecular flexibility index (Phi) is 4.48. The van der Waals surface area contributed by atoms with E-state index < -0.39 is 18.6 Å². The van der Waals surface area contributed by atoms with Crippen LogP contribution in [-0.4, -0.2) is 70.7 Å². The summed E-state index contributed by atoms with van der Waals surface area (Å²) in [5, 5.41) is 11.7. The highest BCUT2D eigenvalue weighted by Gasteiger charge is 2.27. The van der Waals surface area contributed by atoms with E-state index in [-0.39, 0.29) is 11.6 Å². The summed E-state index contributed by atoms with van der Waals surface area (Å²) in [6.07, 6.45) is 2.72. The Morgan fingerprint density at radius 2 is 2.26 bits per heavy atom. The van der Waals surface area contributed by atoms with Gasteiger partial charge in [-0.15, -0.1) is 0 Å². The first-order valence-corrected chi connectivity index (χ1v) is 5.99. The highest BCUT2D eigenvalue weighted by atomic mass is 16.5. The molecule has 0 spiro atoms. The predicted molar refractivity (Wildman–Crippen MR) is 64.3 cm³/mol. The number of H-pyrrole nitrogens is 1. The van der Waals surface area contributed by atoms with Crippen LogP contribution < -0.4 is 5.32 Å². The number of nitrogens with zero attached hydrogens (tertiary/aromatic N) is 2. The van der Waals surface area contributed by atoms with Gasteiger partial charge < -0.3 is 25.0 Å².